The molecule has 0 saturated carbocycles. The fraction of sp³-hybridized carbons (Fsp3) is 0.200. The van der Waals surface area contributed by atoms with E-state index in [9.17, 15) is 0 Å². The molecule has 0 atom stereocenters. The minimum Gasteiger partial charge on any atom is -0.332 e. The molecule has 0 aromatic heterocycles. The lowest BCUT2D eigenvalue weighted by molar-refractivity contribution is 0.457. The number of thiocarbonyl (C=S) groups is 1. The van der Waals surface area contributed by atoms with Gasteiger partial charge in [-0.25, -0.2) is 5.84 Å². The maximum Gasteiger partial charge on any atom is 0.187 e. The summed E-state index contributed by atoms with van der Waals surface area (Å²) < 4.78 is 0. The zero-order valence-corrected chi connectivity index (χ0v) is 9.00. The van der Waals surface area contributed by atoms with Crippen LogP contribution in [0.2, 0.25) is 0 Å². The van der Waals surface area contributed by atoms with Crippen molar-refractivity contribution in [3.8, 4) is 6.07 Å². The van der Waals surface area contributed by atoms with Crippen LogP contribution in [0.1, 0.15) is 6.42 Å². The van der Waals surface area contributed by atoms with E-state index < -0.39 is 0 Å². The largest absolute Gasteiger partial charge is 0.332 e. The van der Waals surface area contributed by atoms with Gasteiger partial charge in [0, 0.05) is 12.2 Å². The Morgan fingerprint density at radius 2 is 2.13 bits per heavy atom. The van der Waals surface area contributed by atoms with Crippen LogP contribution in [0.5, 0.6) is 0 Å². The van der Waals surface area contributed by atoms with Crippen LogP contribution in [0.3, 0.4) is 0 Å². The van der Waals surface area contributed by atoms with Gasteiger partial charge in [0.25, 0.3) is 0 Å². The van der Waals surface area contributed by atoms with E-state index in [1.54, 1.807) is 0 Å². The molecule has 1 aromatic rings. The minimum atomic E-state index is 0.354. The Morgan fingerprint density at radius 3 is 2.73 bits per heavy atom. The number of hydrogen-bond acceptors (Lipinski definition) is 3. The Balaban J connectivity index is 2.46. The van der Waals surface area contributed by atoms with Crippen LogP contribution in [0.15, 0.2) is 30.3 Å². The lowest BCUT2D eigenvalue weighted by Crippen LogP contribution is -2.40. The Morgan fingerprint density at radius 1 is 1.47 bits per heavy atom. The van der Waals surface area contributed by atoms with Gasteiger partial charge in [-0.2, -0.15) is 5.26 Å². The van der Waals surface area contributed by atoms with E-state index in [0.717, 1.165) is 5.69 Å². The molecule has 0 aliphatic heterocycles. The zero-order chi connectivity index (χ0) is 11.1. The topological polar surface area (TPSA) is 65.1 Å². The van der Waals surface area contributed by atoms with Crippen LogP contribution in [0.25, 0.3) is 0 Å². The van der Waals surface area contributed by atoms with Gasteiger partial charge in [0.1, 0.15) is 0 Å². The van der Waals surface area contributed by atoms with Gasteiger partial charge in [-0.3, -0.25) is 5.01 Å². The highest BCUT2D eigenvalue weighted by molar-refractivity contribution is 7.80. The molecule has 1 aromatic carbocycles. The van der Waals surface area contributed by atoms with Gasteiger partial charge in [0.05, 0.1) is 12.5 Å². The fourth-order valence-electron chi connectivity index (χ4n) is 0.989. The van der Waals surface area contributed by atoms with Crippen molar-refractivity contribution in [1.82, 2.24) is 5.01 Å². The molecule has 0 amide bonds. The van der Waals surface area contributed by atoms with E-state index >= 15 is 0 Å². The molecule has 0 spiro atoms. The van der Waals surface area contributed by atoms with Crippen molar-refractivity contribution in [2.45, 2.75) is 6.42 Å². The van der Waals surface area contributed by atoms with Gasteiger partial charge < -0.3 is 5.32 Å². The summed E-state index contributed by atoms with van der Waals surface area (Å²) in [6, 6.07) is 11.5. The first-order valence-electron chi connectivity index (χ1n) is 4.49. The van der Waals surface area contributed by atoms with Crippen molar-refractivity contribution in [3.05, 3.63) is 30.3 Å². The minimum absolute atomic E-state index is 0.354. The first kappa shape index (κ1) is 11.4. The van der Waals surface area contributed by atoms with Crippen molar-refractivity contribution in [3.63, 3.8) is 0 Å². The van der Waals surface area contributed by atoms with Crippen molar-refractivity contribution < 1.29 is 0 Å². The SMILES string of the molecule is N#CCCN(N)C(=S)Nc1ccccc1. The molecule has 0 bridgehead atoms. The Bertz CT molecular complexity index is 357. The van der Waals surface area contributed by atoms with Gasteiger partial charge in [0.15, 0.2) is 5.11 Å². The number of hydrogen-bond donors (Lipinski definition) is 2. The van der Waals surface area contributed by atoms with Crippen molar-refractivity contribution in [2.75, 3.05) is 11.9 Å². The number of hydrazine groups is 1. The number of anilines is 1. The Kier molecular flexibility index (Phi) is 4.54. The summed E-state index contributed by atoms with van der Waals surface area (Å²) in [6.07, 6.45) is 0.354. The molecule has 15 heavy (non-hydrogen) atoms. The zero-order valence-electron chi connectivity index (χ0n) is 8.18. The maximum absolute atomic E-state index is 8.39. The van der Waals surface area contributed by atoms with Crippen LogP contribution in [-0.4, -0.2) is 16.7 Å². The van der Waals surface area contributed by atoms with Gasteiger partial charge in [0.2, 0.25) is 0 Å². The fourth-order valence-corrected chi connectivity index (χ4v) is 1.20. The summed E-state index contributed by atoms with van der Waals surface area (Å²) >= 11 is 5.05. The van der Waals surface area contributed by atoms with Gasteiger partial charge in [-0.05, 0) is 24.4 Å². The van der Waals surface area contributed by atoms with Crippen LogP contribution in [-0.2, 0) is 0 Å². The average molecular weight is 220 g/mol. The summed E-state index contributed by atoms with van der Waals surface area (Å²) in [5, 5.41) is 13.1. The number of nitriles is 1. The second-order valence-corrected chi connectivity index (χ2v) is 3.28. The predicted molar refractivity (Wildman–Crippen MR) is 63.8 cm³/mol. The first-order chi connectivity index (χ1) is 7.24. The van der Waals surface area contributed by atoms with Gasteiger partial charge in [-0.15, -0.1) is 0 Å². The molecule has 0 radical (unpaired) electrons. The highest BCUT2D eigenvalue weighted by Crippen LogP contribution is 2.05. The molecule has 78 valence electrons. The molecular formula is C10H12N4S. The summed E-state index contributed by atoms with van der Waals surface area (Å²) in [5.74, 6) is 5.63. The third-order valence-electron chi connectivity index (χ3n) is 1.75. The molecule has 0 aliphatic carbocycles. The maximum atomic E-state index is 8.39. The van der Waals surface area contributed by atoms with E-state index in [0.29, 0.717) is 18.1 Å². The third-order valence-corrected chi connectivity index (χ3v) is 2.09. The van der Waals surface area contributed by atoms with E-state index in [4.69, 9.17) is 23.3 Å². The standard InChI is InChI=1S/C10H12N4S/c11-7-4-8-14(12)10(15)13-9-5-2-1-3-6-9/h1-3,5-6H,4,8,12H2,(H,13,15). The Labute approximate surface area is 94.3 Å². The van der Waals surface area contributed by atoms with E-state index in [-0.39, 0.29) is 0 Å². The molecule has 5 heteroatoms. The third kappa shape index (κ3) is 3.94. The number of rotatable bonds is 3. The molecule has 0 fully saturated rings. The first-order valence-corrected chi connectivity index (χ1v) is 4.90. The average Bonchev–Trinajstić information content (AvgIpc) is 2.27. The van der Waals surface area contributed by atoms with E-state index in [1.165, 1.54) is 5.01 Å². The molecule has 4 nitrogen and oxygen atoms in total. The molecule has 0 unspecified atom stereocenters. The second kappa shape index (κ2) is 5.96. The molecule has 3 N–H and O–H groups in total. The lowest BCUT2D eigenvalue weighted by atomic mass is 10.3. The quantitative estimate of drug-likeness (QED) is 0.459. The number of nitrogens with zero attached hydrogens (tertiary/aromatic N) is 2. The highest BCUT2D eigenvalue weighted by atomic mass is 32.1. The smallest absolute Gasteiger partial charge is 0.187 e. The summed E-state index contributed by atoms with van der Waals surface area (Å²) in [6.45, 7) is 0.426. The molecule has 0 aliphatic rings. The number of benzene rings is 1. The van der Waals surface area contributed by atoms with E-state index in [1.807, 2.05) is 36.4 Å². The van der Waals surface area contributed by atoms with Crippen molar-refractivity contribution in [1.29, 1.82) is 5.26 Å². The summed E-state index contributed by atoms with van der Waals surface area (Å²) in [4.78, 5) is 0. The Hall–Kier alpha value is -1.64. The lowest BCUT2D eigenvalue weighted by Gasteiger charge is -2.18. The molecule has 0 heterocycles. The number of nitrogens with one attached hydrogen (secondary N) is 1. The summed E-state index contributed by atoms with van der Waals surface area (Å²) in [5.41, 5.74) is 0.884. The van der Waals surface area contributed by atoms with Crippen LogP contribution < -0.4 is 11.2 Å². The van der Waals surface area contributed by atoms with Gasteiger partial charge >= 0.3 is 0 Å². The van der Waals surface area contributed by atoms with Crippen molar-refractivity contribution in [2.24, 2.45) is 5.84 Å². The van der Waals surface area contributed by atoms with E-state index in [2.05, 4.69) is 5.32 Å². The van der Waals surface area contributed by atoms with Crippen LogP contribution >= 0.6 is 12.2 Å². The van der Waals surface area contributed by atoms with Gasteiger partial charge in [-0.1, -0.05) is 18.2 Å². The monoisotopic (exact) mass is 220 g/mol. The molecule has 0 saturated heterocycles. The normalized spacial score (nSPS) is 9.07. The van der Waals surface area contributed by atoms with Crippen molar-refractivity contribution >= 4 is 23.0 Å². The van der Waals surface area contributed by atoms with Crippen LogP contribution in [0, 0.1) is 11.3 Å². The number of para-hydroxylation sites is 1. The van der Waals surface area contributed by atoms with Crippen LogP contribution in [0.4, 0.5) is 5.69 Å². The summed E-state index contributed by atoms with van der Waals surface area (Å²) in [7, 11) is 0. The predicted octanol–water partition coefficient (Wildman–Crippen LogP) is 1.47. The molecular weight excluding hydrogens is 208 g/mol. The molecule has 1 rings (SSSR count). The second-order valence-electron chi connectivity index (χ2n) is 2.90. The number of nitrogens with two attached hydrogens (primary N) is 1. The highest BCUT2D eigenvalue weighted by Gasteiger charge is 2.03.